The Bertz CT molecular complexity index is 912. The number of hydrogen-bond donors (Lipinski definition) is 0. The van der Waals surface area contributed by atoms with E-state index in [-0.39, 0.29) is 20.1 Å². The van der Waals surface area contributed by atoms with Gasteiger partial charge in [-0.2, -0.15) is 5.10 Å². The van der Waals surface area contributed by atoms with Gasteiger partial charge in [0.2, 0.25) is 0 Å². The van der Waals surface area contributed by atoms with E-state index in [0.717, 1.165) is 17.0 Å². The molecule has 1 heterocycles. The van der Waals surface area contributed by atoms with Crippen molar-refractivity contribution in [2.24, 2.45) is 7.05 Å². The molecule has 0 aliphatic rings. The first-order valence-electron chi connectivity index (χ1n) is 9.72. The summed E-state index contributed by atoms with van der Waals surface area (Å²) in [5, 5.41) is 12.1. The monoisotopic (exact) mass is 554 g/mol. The summed E-state index contributed by atoms with van der Waals surface area (Å²) in [6.07, 6.45) is 0. The van der Waals surface area contributed by atoms with Crippen LogP contribution in [0.4, 0.5) is 0 Å². The molecule has 0 atom stereocenters. The van der Waals surface area contributed by atoms with Crippen LogP contribution >= 0.6 is 0 Å². The zero-order valence-corrected chi connectivity index (χ0v) is 20.1. The summed E-state index contributed by atoms with van der Waals surface area (Å²) >= 11 is 0. The van der Waals surface area contributed by atoms with Gasteiger partial charge in [-0.1, -0.05) is 75.6 Å². The second-order valence-electron chi connectivity index (χ2n) is 8.12. The number of rotatable bonds is 5. The van der Waals surface area contributed by atoms with Gasteiger partial charge >= 0.3 is 0 Å². The van der Waals surface area contributed by atoms with Crippen molar-refractivity contribution in [2.75, 3.05) is 0 Å². The van der Waals surface area contributed by atoms with Crippen molar-refractivity contribution in [3.8, 4) is 22.5 Å². The summed E-state index contributed by atoms with van der Waals surface area (Å²) in [4.78, 5) is 0. The normalized spacial score (nSPS) is 11.4. The second-order valence-corrected chi connectivity index (χ2v) is 8.12. The molecule has 3 rings (SSSR count). The second kappa shape index (κ2) is 9.11. The fourth-order valence-corrected chi connectivity index (χ4v) is 3.54. The molecule has 2 aromatic carbocycles. The van der Waals surface area contributed by atoms with Crippen molar-refractivity contribution in [3.05, 3.63) is 53.1 Å². The minimum Gasteiger partial charge on any atom is -0.268 e. The van der Waals surface area contributed by atoms with E-state index in [0.29, 0.717) is 17.8 Å². The van der Waals surface area contributed by atoms with E-state index in [2.05, 4.69) is 81.3 Å². The Morgan fingerprint density at radius 1 is 0.929 bits per heavy atom. The molecule has 3 aromatic rings. The smallest absolute Gasteiger partial charge is 0.0986 e. The van der Waals surface area contributed by atoms with Crippen LogP contribution in [0.2, 0.25) is 0 Å². The third kappa shape index (κ3) is 4.26. The van der Waals surface area contributed by atoms with E-state index < -0.39 is 0 Å². The van der Waals surface area contributed by atoms with Gasteiger partial charge in [0, 0.05) is 27.2 Å². The number of aromatic nitrogens is 4. The largest absolute Gasteiger partial charge is 0.268 e. The SMILES string of the molecule is CC(C)c1cc(C(C)C)c(-c2ccc[c-]c2-c2nnnn2C)c(C(C)C)c1.[Ir]. The van der Waals surface area contributed by atoms with E-state index in [1.54, 1.807) is 4.68 Å². The van der Waals surface area contributed by atoms with Crippen molar-refractivity contribution in [3.63, 3.8) is 0 Å². The average molecular weight is 554 g/mol. The van der Waals surface area contributed by atoms with Crippen LogP contribution in [0.5, 0.6) is 0 Å². The predicted molar refractivity (Wildman–Crippen MR) is 111 cm³/mol. The Balaban J connectivity index is 0.00000280. The molecule has 0 amide bonds. The number of nitrogens with zero attached hydrogens (tertiary/aromatic N) is 4. The Morgan fingerprint density at radius 3 is 2.00 bits per heavy atom. The van der Waals surface area contributed by atoms with Crippen LogP contribution in [0, 0.1) is 6.07 Å². The molecule has 0 aliphatic heterocycles. The number of aryl methyl sites for hydroxylation is 1. The number of benzene rings is 2. The molecule has 28 heavy (non-hydrogen) atoms. The van der Waals surface area contributed by atoms with E-state index in [9.17, 15) is 0 Å². The summed E-state index contributed by atoms with van der Waals surface area (Å²) < 4.78 is 1.71. The fourth-order valence-electron chi connectivity index (χ4n) is 3.54. The van der Waals surface area contributed by atoms with E-state index in [4.69, 9.17) is 0 Å². The number of hydrogen-bond acceptors (Lipinski definition) is 3. The maximum Gasteiger partial charge on any atom is 0.0986 e. The molecular formula is C23H29IrN4-. The molecule has 0 saturated heterocycles. The summed E-state index contributed by atoms with van der Waals surface area (Å²) in [5.74, 6) is 2.07. The molecule has 1 radical (unpaired) electrons. The predicted octanol–water partition coefficient (Wildman–Crippen LogP) is 5.71. The minimum absolute atomic E-state index is 0. The first kappa shape index (κ1) is 22.4. The van der Waals surface area contributed by atoms with Gasteiger partial charge in [0.1, 0.15) is 0 Å². The fraction of sp³-hybridized carbons (Fsp3) is 0.435. The maximum atomic E-state index is 4.24. The molecule has 0 aliphatic carbocycles. The Labute approximate surface area is 182 Å². The molecule has 151 valence electrons. The zero-order valence-electron chi connectivity index (χ0n) is 17.7. The van der Waals surface area contributed by atoms with Crippen molar-refractivity contribution < 1.29 is 20.1 Å². The molecule has 0 fully saturated rings. The first-order chi connectivity index (χ1) is 12.8. The molecule has 0 spiro atoms. The summed E-state index contributed by atoms with van der Waals surface area (Å²) in [7, 11) is 1.87. The standard InChI is InChI=1S/C23H29N4.Ir/c1-14(2)17-12-20(15(3)4)22(21(13-17)16(5)6)18-10-8-9-11-19(18)23-24-25-26-27(23)7;/h8-10,12-16H,1-7H3;/q-1;. The molecule has 0 bridgehead atoms. The van der Waals surface area contributed by atoms with Gasteiger partial charge in [0.15, 0.2) is 0 Å². The van der Waals surface area contributed by atoms with Gasteiger partial charge in [-0.05, 0) is 39.7 Å². The maximum absolute atomic E-state index is 4.24. The molecule has 0 N–H and O–H groups in total. The van der Waals surface area contributed by atoms with Gasteiger partial charge in [0.05, 0.1) is 5.82 Å². The van der Waals surface area contributed by atoms with Crippen LogP contribution in [0.25, 0.3) is 22.5 Å². The Morgan fingerprint density at radius 2 is 1.54 bits per heavy atom. The van der Waals surface area contributed by atoms with Crippen LogP contribution < -0.4 is 0 Å². The van der Waals surface area contributed by atoms with Gasteiger partial charge in [-0.25, -0.2) is 0 Å². The molecule has 5 heteroatoms. The zero-order chi connectivity index (χ0) is 19.7. The summed E-state index contributed by atoms with van der Waals surface area (Å²) in [5.41, 5.74) is 7.55. The van der Waals surface area contributed by atoms with Crippen LogP contribution in [-0.2, 0) is 27.2 Å². The summed E-state index contributed by atoms with van der Waals surface area (Å²) in [6.45, 7) is 13.6. The van der Waals surface area contributed by atoms with Gasteiger partial charge < -0.3 is 0 Å². The van der Waals surface area contributed by atoms with Crippen LogP contribution in [0.1, 0.15) is 76.0 Å². The van der Waals surface area contributed by atoms with Crippen molar-refractivity contribution in [1.29, 1.82) is 0 Å². The van der Waals surface area contributed by atoms with Gasteiger partial charge in [0.25, 0.3) is 0 Å². The minimum atomic E-state index is 0. The third-order valence-corrected chi connectivity index (χ3v) is 5.10. The molecule has 1 aromatic heterocycles. The van der Waals surface area contributed by atoms with E-state index in [1.807, 2.05) is 19.2 Å². The Hall–Kier alpha value is -1.84. The van der Waals surface area contributed by atoms with Gasteiger partial charge in [-0.3, -0.25) is 4.68 Å². The topological polar surface area (TPSA) is 43.6 Å². The van der Waals surface area contributed by atoms with Crippen LogP contribution in [-0.4, -0.2) is 20.2 Å². The molecule has 0 unspecified atom stereocenters. The average Bonchev–Trinajstić information content (AvgIpc) is 3.06. The number of tetrazole rings is 1. The van der Waals surface area contributed by atoms with Crippen molar-refractivity contribution >= 4 is 0 Å². The van der Waals surface area contributed by atoms with Crippen molar-refractivity contribution in [2.45, 2.75) is 59.3 Å². The first-order valence-corrected chi connectivity index (χ1v) is 9.72. The Kier molecular flexibility index (Phi) is 7.30. The quantitative estimate of drug-likeness (QED) is 0.380. The van der Waals surface area contributed by atoms with Crippen molar-refractivity contribution in [1.82, 2.24) is 20.2 Å². The third-order valence-electron chi connectivity index (χ3n) is 5.10. The van der Waals surface area contributed by atoms with Crippen LogP contribution in [0.3, 0.4) is 0 Å². The van der Waals surface area contributed by atoms with E-state index >= 15 is 0 Å². The van der Waals surface area contributed by atoms with Gasteiger partial charge in [-0.15, -0.1) is 24.3 Å². The van der Waals surface area contributed by atoms with Crippen LogP contribution in [0.15, 0.2) is 30.3 Å². The molecule has 4 nitrogen and oxygen atoms in total. The summed E-state index contributed by atoms with van der Waals surface area (Å²) in [6, 6.07) is 14.3. The molecule has 0 saturated carbocycles. The van der Waals surface area contributed by atoms with E-state index in [1.165, 1.54) is 22.3 Å². The molecular weight excluding hydrogens is 524 g/mol.